The molecule has 132 valence electrons. The quantitative estimate of drug-likeness (QED) is 0.673. The van der Waals surface area contributed by atoms with E-state index < -0.39 is 0 Å². The number of rotatable bonds is 8. The van der Waals surface area contributed by atoms with Gasteiger partial charge in [-0.05, 0) is 40.9 Å². The van der Waals surface area contributed by atoms with E-state index in [4.69, 9.17) is 13.6 Å². The first kappa shape index (κ1) is 17.6. The van der Waals surface area contributed by atoms with Gasteiger partial charge in [-0.15, -0.1) is 10.2 Å². The predicted octanol–water partition coefficient (Wildman–Crippen LogP) is 4.17. The predicted molar refractivity (Wildman–Crippen MR) is 93.4 cm³/mol. The molecule has 1 aliphatic carbocycles. The van der Waals surface area contributed by atoms with Crippen LogP contribution in [-0.2, 0) is 11.3 Å². The van der Waals surface area contributed by atoms with E-state index in [0.29, 0.717) is 40.9 Å². The average Bonchev–Trinajstić information content (AvgIpc) is 3.18. The number of hydrogen-bond donors (Lipinski definition) is 1. The Labute approximate surface area is 150 Å². The summed E-state index contributed by atoms with van der Waals surface area (Å²) in [5, 5.41) is 11.6. The van der Waals surface area contributed by atoms with Crippen LogP contribution in [0.3, 0.4) is 0 Å². The van der Waals surface area contributed by atoms with Crippen LogP contribution in [0.25, 0.3) is 11.7 Å². The average molecular weight is 398 g/mol. The number of ether oxygens (including phenoxy) is 1. The number of nitrogens with one attached hydrogen (secondary N) is 1. The van der Waals surface area contributed by atoms with E-state index in [9.17, 15) is 0 Å². The smallest absolute Gasteiger partial charge is 0.283 e. The fraction of sp³-hybridized carbons (Fsp3) is 0.647. The van der Waals surface area contributed by atoms with Gasteiger partial charge in [0.15, 0.2) is 10.4 Å². The van der Waals surface area contributed by atoms with Crippen molar-refractivity contribution in [3.63, 3.8) is 0 Å². The molecule has 0 aromatic carbocycles. The highest BCUT2D eigenvalue weighted by molar-refractivity contribution is 9.10. The summed E-state index contributed by atoms with van der Waals surface area (Å²) in [7, 11) is 0. The number of nitrogens with zero attached hydrogens (tertiary/aromatic N) is 2. The summed E-state index contributed by atoms with van der Waals surface area (Å²) in [6.07, 6.45) is 3.63. The van der Waals surface area contributed by atoms with Crippen LogP contribution < -0.4 is 5.32 Å². The summed E-state index contributed by atoms with van der Waals surface area (Å²) in [4.78, 5) is 0. The van der Waals surface area contributed by atoms with Crippen molar-refractivity contribution in [3.8, 4) is 11.7 Å². The fourth-order valence-electron chi connectivity index (χ4n) is 2.95. The zero-order chi connectivity index (χ0) is 17.2. The molecule has 0 unspecified atom stereocenters. The first-order valence-corrected chi connectivity index (χ1v) is 9.23. The van der Waals surface area contributed by atoms with Crippen LogP contribution in [0.15, 0.2) is 25.6 Å². The van der Waals surface area contributed by atoms with Crippen molar-refractivity contribution < 1.29 is 13.6 Å². The molecule has 1 aliphatic rings. The molecule has 1 N–H and O–H groups in total. The summed E-state index contributed by atoms with van der Waals surface area (Å²) in [6, 6.07) is 3.98. The lowest BCUT2D eigenvalue weighted by Gasteiger charge is -2.51. The lowest BCUT2D eigenvalue weighted by Crippen LogP contribution is -2.60. The molecule has 2 aromatic rings. The Morgan fingerprint density at radius 2 is 2.17 bits per heavy atom. The molecule has 2 aromatic heterocycles. The van der Waals surface area contributed by atoms with Crippen molar-refractivity contribution in [3.05, 3.63) is 22.7 Å². The summed E-state index contributed by atoms with van der Waals surface area (Å²) in [6.45, 7) is 8.06. The largest absolute Gasteiger partial charge is 0.444 e. The van der Waals surface area contributed by atoms with Crippen LogP contribution in [0.4, 0.5) is 0 Å². The van der Waals surface area contributed by atoms with Crippen LogP contribution in [0.1, 0.15) is 45.9 Å². The van der Waals surface area contributed by atoms with Crippen molar-refractivity contribution in [2.45, 2.75) is 58.7 Å². The van der Waals surface area contributed by atoms with Gasteiger partial charge in [0.25, 0.3) is 5.89 Å². The lowest BCUT2D eigenvalue weighted by atomic mass is 9.64. The van der Waals surface area contributed by atoms with Gasteiger partial charge in [0, 0.05) is 18.1 Å². The first-order chi connectivity index (χ1) is 11.5. The van der Waals surface area contributed by atoms with Gasteiger partial charge in [0.1, 0.15) is 0 Å². The SMILES string of the molecule is CCCCO[C@H]1C[C@@H](NCc2nnc(-c3ccc(Br)o3)o2)C1(C)C. The van der Waals surface area contributed by atoms with Gasteiger partial charge in [-0.2, -0.15) is 0 Å². The van der Waals surface area contributed by atoms with Gasteiger partial charge in [-0.1, -0.05) is 27.2 Å². The van der Waals surface area contributed by atoms with Crippen molar-refractivity contribution in [2.24, 2.45) is 5.41 Å². The van der Waals surface area contributed by atoms with E-state index in [1.165, 1.54) is 6.42 Å². The Hall–Kier alpha value is -1.18. The van der Waals surface area contributed by atoms with Crippen molar-refractivity contribution in [2.75, 3.05) is 6.61 Å². The highest BCUT2D eigenvalue weighted by Gasteiger charge is 2.48. The molecule has 0 bridgehead atoms. The normalized spacial score (nSPS) is 22.5. The van der Waals surface area contributed by atoms with E-state index in [2.05, 4.69) is 52.2 Å². The minimum atomic E-state index is 0.114. The van der Waals surface area contributed by atoms with Crippen molar-refractivity contribution in [1.29, 1.82) is 0 Å². The molecule has 0 radical (unpaired) electrons. The fourth-order valence-corrected chi connectivity index (χ4v) is 3.26. The molecule has 2 atom stereocenters. The number of unbranched alkanes of at least 4 members (excludes halogenated alkanes) is 1. The maximum Gasteiger partial charge on any atom is 0.283 e. The Bertz CT molecular complexity index is 668. The molecule has 24 heavy (non-hydrogen) atoms. The molecule has 1 fully saturated rings. The Balaban J connectivity index is 1.49. The standard InChI is InChI=1S/C17H24BrN3O3/c1-4-5-8-22-13-9-12(17(13,2)3)19-10-15-20-21-16(24-15)11-6-7-14(18)23-11/h6-7,12-13,19H,4-5,8-10H2,1-3H3/t12-,13+/m1/s1. The molecule has 0 saturated heterocycles. The van der Waals surface area contributed by atoms with E-state index in [0.717, 1.165) is 19.4 Å². The molecule has 0 amide bonds. The van der Waals surface area contributed by atoms with Gasteiger partial charge >= 0.3 is 0 Å². The molecule has 7 heteroatoms. The molecule has 2 heterocycles. The van der Waals surface area contributed by atoms with E-state index in [-0.39, 0.29) is 5.41 Å². The van der Waals surface area contributed by atoms with Crippen LogP contribution in [0.5, 0.6) is 0 Å². The van der Waals surface area contributed by atoms with Crippen LogP contribution in [0, 0.1) is 5.41 Å². The third-order valence-electron chi connectivity index (χ3n) is 4.75. The zero-order valence-electron chi connectivity index (χ0n) is 14.3. The van der Waals surface area contributed by atoms with E-state index >= 15 is 0 Å². The zero-order valence-corrected chi connectivity index (χ0v) is 15.9. The minimum Gasteiger partial charge on any atom is -0.444 e. The first-order valence-electron chi connectivity index (χ1n) is 8.43. The van der Waals surface area contributed by atoms with Gasteiger partial charge in [0.2, 0.25) is 5.89 Å². The number of furan rings is 1. The third-order valence-corrected chi connectivity index (χ3v) is 5.17. The Kier molecular flexibility index (Phi) is 5.42. The van der Waals surface area contributed by atoms with Crippen LogP contribution >= 0.6 is 15.9 Å². The van der Waals surface area contributed by atoms with Crippen LogP contribution in [-0.4, -0.2) is 29.0 Å². The number of aromatic nitrogens is 2. The molecule has 0 aliphatic heterocycles. The van der Waals surface area contributed by atoms with Crippen molar-refractivity contribution >= 4 is 15.9 Å². The van der Waals surface area contributed by atoms with E-state index in [1.54, 1.807) is 12.1 Å². The maximum absolute atomic E-state index is 5.97. The molecule has 3 rings (SSSR count). The van der Waals surface area contributed by atoms with E-state index in [1.807, 2.05) is 0 Å². The second-order valence-electron chi connectivity index (χ2n) is 6.81. The highest BCUT2D eigenvalue weighted by Crippen LogP contribution is 2.43. The second-order valence-corrected chi connectivity index (χ2v) is 7.59. The lowest BCUT2D eigenvalue weighted by molar-refractivity contribution is -0.118. The van der Waals surface area contributed by atoms with Crippen molar-refractivity contribution in [1.82, 2.24) is 15.5 Å². The summed E-state index contributed by atoms with van der Waals surface area (Å²) < 4.78 is 17.7. The molecular formula is C17H24BrN3O3. The van der Waals surface area contributed by atoms with Crippen LogP contribution in [0.2, 0.25) is 0 Å². The van der Waals surface area contributed by atoms with Gasteiger partial charge < -0.3 is 18.9 Å². The molecule has 1 saturated carbocycles. The third kappa shape index (κ3) is 3.73. The summed E-state index contributed by atoms with van der Waals surface area (Å²) >= 11 is 3.26. The van der Waals surface area contributed by atoms with Gasteiger partial charge in [0.05, 0.1) is 12.6 Å². The summed E-state index contributed by atoms with van der Waals surface area (Å²) in [5.74, 6) is 1.52. The Morgan fingerprint density at radius 3 is 2.83 bits per heavy atom. The summed E-state index contributed by atoms with van der Waals surface area (Å²) in [5.41, 5.74) is 0.114. The second kappa shape index (κ2) is 7.37. The Morgan fingerprint density at radius 1 is 1.33 bits per heavy atom. The maximum atomic E-state index is 5.97. The minimum absolute atomic E-state index is 0.114. The topological polar surface area (TPSA) is 73.3 Å². The number of halogens is 1. The molecule has 0 spiro atoms. The highest BCUT2D eigenvalue weighted by atomic mass is 79.9. The monoisotopic (exact) mass is 397 g/mol. The van der Waals surface area contributed by atoms with Gasteiger partial charge in [-0.25, -0.2) is 0 Å². The van der Waals surface area contributed by atoms with Gasteiger partial charge in [-0.3, -0.25) is 0 Å². The number of hydrogen-bond acceptors (Lipinski definition) is 6. The molecular weight excluding hydrogens is 374 g/mol. The molecule has 6 nitrogen and oxygen atoms in total.